The number of esters is 1. The smallest absolute Gasteiger partial charge is 0.349 e. The fraction of sp³-hybridized carbons (Fsp3) is 0.588. The van der Waals surface area contributed by atoms with Gasteiger partial charge in [0.1, 0.15) is 4.88 Å². The largest absolute Gasteiger partial charge is 0.448 e. The van der Waals surface area contributed by atoms with Crippen molar-refractivity contribution < 1.29 is 19.1 Å². The number of imide groups is 1. The Morgan fingerprint density at radius 2 is 2.12 bits per heavy atom. The Hall–Kier alpha value is -1.89. The van der Waals surface area contributed by atoms with E-state index in [1.54, 1.807) is 6.92 Å². The van der Waals surface area contributed by atoms with Gasteiger partial charge in [-0.3, -0.25) is 10.1 Å². The predicted octanol–water partition coefficient (Wildman–Crippen LogP) is 2.65. The molecule has 1 aliphatic rings. The fourth-order valence-electron chi connectivity index (χ4n) is 2.74. The van der Waals surface area contributed by atoms with E-state index in [1.807, 2.05) is 6.07 Å². The van der Waals surface area contributed by atoms with Crippen LogP contribution in [0.15, 0.2) is 6.07 Å². The number of ether oxygens (including phenoxy) is 1. The van der Waals surface area contributed by atoms with E-state index >= 15 is 0 Å². The normalized spacial score (nSPS) is 17.5. The van der Waals surface area contributed by atoms with Gasteiger partial charge in [-0.2, -0.15) is 0 Å². The molecule has 2 atom stereocenters. The number of fused-ring (bicyclic) bond motifs is 1. The standard InChI is InChI=1S/C17H24N2O4S/c1-4-11-6-7-13-12(8-11)9-14(24-13)16(21)23-10(3)15(20)19-17(22)18-5-2/h9-11H,4-8H2,1-3H3,(H2,18,19,20,22). The van der Waals surface area contributed by atoms with Crippen LogP contribution in [0.2, 0.25) is 0 Å². The maximum atomic E-state index is 12.2. The molecule has 132 valence electrons. The zero-order chi connectivity index (χ0) is 17.7. The highest BCUT2D eigenvalue weighted by Gasteiger charge is 2.25. The second-order valence-electron chi connectivity index (χ2n) is 5.97. The van der Waals surface area contributed by atoms with Gasteiger partial charge in [0.15, 0.2) is 6.10 Å². The van der Waals surface area contributed by atoms with Gasteiger partial charge in [-0.05, 0) is 50.7 Å². The molecule has 0 radical (unpaired) electrons. The van der Waals surface area contributed by atoms with Crippen LogP contribution in [0, 0.1) is 5.92 Å². The summed E-state index contributed by atoms with van der Waals surface area (Å²) >= 11 is 1.45. The third kappa shape index (κ3) is 4.56. The Morgan fingerprint density at radius 1 is 1.38 bits per heavy atom. The average Bonchev–Trinajstić information content (AvgIpc) is 2.97. The summed E-state index contributed by atoms with van der Waals surface area (Å²) in [5.74, 6) is -0.472. The van der Waals surface area contributed by atoms with Crippen molar-refractivity contribution in [3.05, 3.63) is 21.4 Å². The summed E-state index contributed by atoms with van der Waals surface area (Å²) in [4.78, 5) is 37.2. The lowest BCUT2D eigenvalue weighted by molar-refractivity contribution is -0.127. The van der Waals surface area contributed by atoms with Crippen molar-refractivity contribution in [3.63, 3.8) is 0 Å². The van der Waals surface area contributed by atoms with Gasteiger partial charge in [0, 0.05) is 11.4 Å². The van der Waals surface area contributed by atoms with Crippen LogP contribution >= 0.6 is 11.3 Å². The number of rotatable bonds is 5. The highest BCUT2D eigenvalue weighted by Crippen LogP contribution is 2.33. The van der Waals surface area contributed by atoms with Gasteiger partial charge in [0.05, 0.1) is 0 Å². The zero-order valence-corrected chi connectivity index (χ0v) is 15.1. The first-order valence-electron chi connectivity index (χ1n) is 8.35. The van der Waals surface area contributed by atoms with Gasteiger partial charge in [-0.25, -0.2) is 9.59 Å². The number of hydrogen-bond acceptors (Lipinski definition) is 5. The van der Waals surface area contributed by atoms with Crippen LogP contribution < -0.4 is 10.6 Å². The molecule has 24 heavy (non-hydrogen) atoms. The lowest BCUT2D eigenvalue weighted by Crippen LogP contribution is -2.44. The SMILES string of the molecule is CCNC(=O)NC(=O)C(C)OC(=O)c1cc2c(s1)CCC(CC)C2. The Balaban J connectivity index is 1.94. The summed E-state index contributed by atoms with van der Waals surface area (Å²) in [6.45, 7) is 5.79. The van der Waals surface area contributed by atoms with Crippen molar-refractivity contribution in [2.24, 2.45) is 5.92 Å². The van der Waals surface area contributed by atoms with Crippen molar-refractivity contribution in [2.45, 2.75) is 52.6 Å². The molecule has 7 heteroatoms. The first-order valence-corrected chi connectivity index (χ1v) is 9.17. The zero-order valence-electron chi connectivity index (χ0n) is 14.3. The van der Waals surface area contributed by atoms with E-state index in [1.165, 1.54) is 28.7 Å². The maximum Gasteiger partial charge on any atom is 0.349 e. The molecule has 0 saturated carbocycles. The quantitative estimate of drug-likeness (QED) is 0.798. The molecule has 2 rings (SSSR count). The van der Waals surface area contributed by atoms with Crippen LogP contribution in [0.3, 0.4) is 0 Å². The van der Waals surface area contributed by atoms with Gasteiger partial charge in [-0.1, -0.05) is 13.3 Å². The summed E-state index contributed by atoms with van der Waals surface area (Å²) in [5, 5.41) is 4.59. The van der Waals surface area contributed by atoms with Crippen LogP contribution in [0.1, 0.15) is 53.7 Å². The van der Waals surface area contributed by atoms with Gasteiger partial charge >= 0.3 is 12.0 Å². The molecule has 0 aliphatic heterocycles. The van der Waals surface area contributed by atoms with Crippen LogP contribution in [-0.4, -0.2) is 30.6 Å². The van der Waals surface area contributed by atoms with Crippen molar-refractivity contribution in [1.29, 1.82) is 0 Å². The molecule has 1 heterocycles. The summed E-state index contributed by atoms with van der Waals surface area (Å²) in [5.41, 5.74) is 1.23. The van der Waals surface area contributed by atoms with E-state index in [-0.39, 0.29) is 0 Å². The van der Waals surface area contributed by atoms with Gasteiger partial charge < -0.3 is 10.1 Å². The lowest BCUT2D eigenvalue weighted by Gasteiger charge is -2.19. The molecule has 1 aromatic rings. The monoisotopic (exact) mass is 352 g/mol. The lowest BCUT2D eigenvalue weighted by atomic mass is 9.87. The van der Waals surface area contributed by atoms with Crippen molar-refractivity contribution in [1.82, 2.24) is 10.6 Å². The molecule has 1 aromatic heterocycles. The number of carbonyl (C=O) groups is 3. The van der Waals surface area contributed by atoms with E-state index in [0.29, 0.717) is 17.3 Å². The minimum Gasteiger partial charge on any atom is -0.448 e. The molecular weight excluding hydrogens is 328 g/mol. The molecule has 2 unspecified atom stereocenters. The number of amides is 3. The average molecular weight is 352 g/mol. The number of aryl methyl sites for hydroxylation is 1. The van der Waals surface area contributed by atoms with Crippen molar-refractivity contribution in [2.75, 3.05) is 6.54 Å². The molecule has 1 aliphatic carbocycles. The second-order valence-corrected chi connectivity index (χ2v) is 7.11. The van der Waals surface area contributed by atoms with Gasteiger partial charge in [0.2, 0.25) is 0 Å². The number of urea groups is 1. The first kappa shape index (κ1) is 18.4. The summed E-state index contributed by atoms with van der Waals surface area (Å²) in [7, 11) is 0. The van der Waals surface area contributed by atoms with Crippen LogP contribution in [0.4, 0.5) is 4.79 Å². The highest BCUT2D eigenvalue weighted by atomic mass is 32.1. The first-order chi connectivity index (χ1) is 11.4. The molecule has 0 aromatic carbocycles. The Labute approximate surface area is 146 Å². The van der Waals surface area contributed by atoms with E-state index in [4.69, 9.17) is 4.74 Å². The van der Waals surface area contributed by atoms with Crippen LogP contribution in [-0.2, 0) is 22.4 Å². The van der Waals surface area contributed by atoms with Gasteiger partial charge in [0.25, 0.3) is 5.91 Å². The molecule has 0 bridgehead atoms. The molecule has 6 nitrogen and oxygen atoms in total. The number of nitrogens with one attached hydrogen (secondary N) is 2. The van der Waals surface area contributed by atoms with E-state index in [9.17, 15) is 14.4 Å². The number of thiophene rings is 1. The van der Waals surface area contributed by atoms with Crippen LogP contribution in [0.25, 0.3) is 0 Å². The number of hydrogen-bond donors (Lipinski definition) is 2. The predicted molar refractivity (Wildman–Crippen MR) is 92.2 cm³/mol. The highest BCUT2D eigenvalue weighted by molar-refractivity contribution is 7.14. The minimum absolute atomic E-state index is 0.410. The topological polar surface area (TPSA) is 84.5 Å². The molecule has 3 amide bonds. The van der Waals surface area contributed by atoms with Gasteiger partial charge in [-0.15, -0.1) is 11.3 Å². The maximum absolute atomic E-state index is 12.2. The second kappa shape index (κ2) is 8.28. The Bertz CT molecular complexity index is 626. The molecular formula is C17H24N2O4S. The fourth-order valence-corrected chi connectivity index (χ4v) is 3.83. The molecule has 0 spiro atoms. The van der Waals surface area contributed by atoms with E-state index < -0.39 is 24.0 Å². The third-order valence-electron chi connectivity index (χ3n) is 4.19. The third-order valence-corrected chi connectivity index (χ3v) is 5.41. The summed E-state index contributed by atoms with van der Waals surface area (Å²) in [6, 6.07) is 1.29. The molecule has 0 fully saturated rings. The Morgan fingerprint density at radius 3 is 2.79 bits per heavy atom. The van der Waals surface area contributed by atoms with E-state index in [0.717, 1.165) is 25.7 Å². The summed E-state index contributed by atoms with van der Waals surface area (Å²) in [6.07, 6.45) is 3.28. The van der Waals surface area contributed by atoms with E-state index in [2.05, 4.69) is 17.6 Å². The summed E-state index contributed by atoms with van der Waals surface area (Å²) < 4.78 is 5.19. The molecule has 2 N–H and O–H groups in total. The van der Waals surface area contributed by atoms with Crippen molar-refractivity contribution >= 4 is 29.2 Å². The number of carbonyl (C=O) groups excluding carboxylic acids is 3. The van der Waals surface area contributed by atoms with Crippen LogP contribution in [0.5, 0.6) is 0 Å². The van der Waals surface area contributed by atoms with Crippen molar-refractivity contribution in [3.8, 4) is 0 Å². The Kier molecular flexibility index (Phi) is 6.36. The minimum atomic E-state index is -1.03. The molecule has 0 saturated heterocycles.